The first-order chi connectivity index (χ1) is 11.5. The summed E-state index contributed by atoms with van der Waals surface area (Å²) in [6, 6.07) is 4.47. The van der Waals surface area contributed by atoms with Gasteiger partial charge in [-0.15, -0.1) is 0 Å². The Morgan fingerprint density at radius 1 is 1.21 bits per heavy atom. The predicted octanol–water partition coefficient (Wildman–Crippen LogP) is 5.77. The number of benzene rings is 1. The lowest BCUT2D eigenvalue weighted by Crippen LogP contribution is -2.10. The van der Waals surface area contributed by atoms with E-state index in [-0.39, 0.29) is 11.6 Å². The molecule has 0 amide bonds. The van der Waals surface area contributed by atoms with E-state index >= 15 is 0 Å². The number of halogens is 1. The highest BCUT2D eigenvalue weighted by Crippen LogP contribution is 2.34. The second-order valence-electron chi connectivity index (χ2n) is 6.09. The maximum Gasteiger partial charge on any atom is 0.271 e. The molecule has 0 unspecified atom stereocenters. The molecule has 24 heavy (non-hydrogen) atoms. The quantitative estimate of drug-likeness (QED) is 0.345. The fraction of sp³-hybridized carbons (Fsp3) is 0.500. The van der Waals surface area contributed by atoms with Crippen molar-refractivity contribution in [3.05, 3.63) is 39.0 Å². The van der Waals surface area contributed by atoms with Crippen LogP contribution in [0.4, 0.5) is 5.69 Å². The standard InChI is InChI=1S/C18H23ClN2O3/c1-3-4-5-6-7-8-9-16-18(19)15-11-10-14(21(23)24)12-17(15)20(16)13(2)22/h10-12H,3-9H2,1-2H3. The summed E-state index contributed by atoms with van der Waals surface area (Å²) in [6.45, 7) is 3.64. The van der Waals surface area contributed by atoms with Gasteiger partial charge in [0.25, 0.3) is 5.69 Å². The van der Waals surface area contributed by atoms with Gasteiger partial charge in [0.1, 0.15) is 0 Å². The van der Waals surface area contributed by atoms with Crippen molar-refractivity contribution in [3.63, 3.8) is 0 Å². The smallest absolute Gasteiger partial charge is 0.271 e. The maximum absolute atomic E-state index is 12.1. The van der Waals surface area contributed by atoms with Crippen molar-refractivity contribution in [3.8, 4) is 0 Å². The second kappa shape index (κ2) is 8.29. The van der Waals surface area contributed by atoms with Crippen LogP contribution in [-0.4, -0.2) is 15.4 Å². The molecule has 130 valence electrons. The number of carbonyl (C=O) groups excluding carboxylic acids is 1. The molecule has 0 radical (unpaired) electrons. The number of nitro groups is 1. The molecular formula is C18H23ClN2O3. The van der Waals surface area contributed by atoms with Crippen LogP contribution in [0.1, 0.15) is 62.9 Å². The molecule has 0 aliphatic rings. The van der Waals surface area contributed by atoms with Gasteiger partial charge in [0, 0.05) is 30.1 Å². The summed E-state index contributed by atoms with van der Waals surface area (Å²) in [5.41, 5.74) is 1.24. The predicted molar refractivity (Wildman–Crippen MR) is 97.0 cm³/mol. The van der Waals surface area contributed by atoms with Gasteiger partial charge in [0.15, 0.2) is 0 Å². The van der Waals surface area contributed by atoms with E-state index in [1.165, 1.54) is 49.3 Å². The first-order valence-corrected chi connectivity index (χ1v) is 8.83. The Morgan fingerprint density at radius 2 is 1.88 bits per heavy atom. The number of non-ortho nitro benzene ring substituents is 1. The molecule has 2 aromatic rings. The van der Waals surface area contributed by atoms with E-state index in [1.807, 2.05) is 0 Å². The van der Waals surface area contributed by atoms with Gasteiger partial charge >= 0.3 is 0 Å². The van der Waals surface area contributed by atoms with E-state index in [2.05, 4.69) is 6.92 Å². The largest absolute Gasteiger partial charge is 0.283 e. The minimum atomic E-state index is -0.460. The van der Waals surface area contributed by atoms with Gasteiger partial charge in [0.2, 0.25) is 5.91 Å². The summed E-state index contributed by atoms with van der Waals surface area (Å²) >= 11 is 6.46. The van der Waals surface area contributed by atoms with Gasteiger partial charge in [0.05, 0.1) is 15.5 Å². The van der Waals surface area contributed by atoms with E-state index in [4.69, 9.17) is 11.6 Å². The minimum absolute atomic E-state index is 0.0368. The molecule has 1 aromatic heterocycles. The van der Waals surface area contributed by atoms with Gasteiger partial charge in [-0.1, -0.05) is 50.6 Å². The minimum Gasteiger partial charge on any atom is -0.283 e. The number of unbranched alkanes of at least 4 members (excludes halogenated alkanes) is 5. The summed E-state index contributed by atoms with van der Waals surface area (Å²) in [7, 11) is 0. The summed E-state index contributed by atoms with van der Waals surface area (Å²) in [6.07, 6.45) is 7.61. The fourth-order valence-electron chi connectivity index (χ4n) is 3.06. The molecule has 1 heterocycles. The Hall–Kier alpha value is -1.88. The average Bonchev–Trinajstić information content (AvgIpc) is 2.82. The maximum atomic E-state index is 12.1. The van der Waals surface area contributed by atoms with Crippen LogP contribution in [-0.2, 0) is 6.42 Å². The van der Waals surface area contributed by atoms with Gasteiger partial charge in [-0.3, -0.25) is 19.5 Å². The molecule has 0 aliphatic carbocycles. The van der Waals surface area contributed by atoms with Crippen molar-refractivity contribution in [2.24, 2.45) is 0 Å². The summed E-state index contributed by atoms with van der Waals surface area (Å²) in [5, 5.41) is 12.2. The lowest BCUT2D eigenvalue weighted by atomic mass is 10.1. The summed E-state index contributed by atoms with van der Waals surface area (Å²) in [4.78, 5) is 22.6. The van der Waals surface area contributed by atoms with Crippen LogP contribution >= 0.6 is 11.6 Å². The third kappa shape index (κ3) is 3.96. The summed E-state index contributed by atoms with van der Waals surface area (Å²) in [5.74, 6) is -0.173. The van der Waals surface area contributed by atoms with Crippen molar-refractivity contribution in [1.82, 2.24) is 4.57 Å². The van der Waals surface area contributed by atoms with Crippen LogP contribution in [0.3, 0.4) is 0 Å². The Morgan fingerprint density at radius 3 is 2.50 bits per heavy atom. The van der Waals surface area contributed by atoms with Gasteiger partial charge in [-0.2, -0.15) is 0 Å². The number of aromatic nitrogens is 1. The molecule has 6 heteroatoms. The van der Waals surface area contributed by atoms with Crippen LogP contribution in [0.25, 0.3) is 10.9 Å². The second-order valence-corrected chi connectivity index (χ2v) is 6.47. The topological polar surface area (TPSA) is 65.1 Å². The van der Waals surface area contributed by atoms with Crippen molar-refractivity contribution in [2.75, 3.05) is 0 Å². The third-order valence-corrected chi connectivity index (χ3v) is 4.70. The zero-order valence-corrected chi connectivity index (χ0v) is 14.9. The van der Waals surface area contributed by atoms with Crippen molar-refractivity contribution in [1.29, 1.82) is 0 Å². The highest BCUT2D eigenvalue weighted by molar-refractivity contribution is 6.37. The number of carbonyl (C=O) groups is 1. The van der Waals surface area contributed by atoms with Crippen LogP contribution in [0.2, 0.25) is 5.02 Å². The van der Waals surface area contributed by atoms with Crippen LogP contribution in [0.5, 0.6) is 0 Å². The highest BCUT2D eigenvalue weighted by atomic mass is 35.5. The lowest BCUT2D eigenvalue weighted by molar-refractivity contribution is -0.384. The summed E-state index contributed by atoms with van der Waals surface area (Å²) < 4.78 is 1.52. The van der Waals surface area contributed by atoms with Crippen LogP contribution in [0.15, 0.2) is 18.2 Å². The molecule has 1 aromatic carbocycles. The molecule has 0 saturated heterocycles. The van der Waals surface area contributed by atoms with Gasteiger partial charge in [-0.05, 0) is 18.9 Å². The van der Waals surface area contributed by atoms with E-state index < -0.39 is 4.92 Å². The third-order valence-electron chi connectivity index (χ3n) is 4.27. The number of hydrogen-bond acceptors (Lipinski definition) is 3. The zero-order valence-electron chi connectivity index (χ0n) is 14.2. The van der Waals surface area contributed by atoms with Crippen molar-refractivity contribution < 1.29 is 9.72 Å². The van der Waals surface area contributed by atoms with Gasteiger partial charge in [-0.25, -0.2) is 0 Å². The molecule has 0 N–H and O–H groups in total. The molecule has 2 rings (SSSR count). The Labute approximate surface area is 146 Å². The molecular weight excluding hydrogens is 328 g/mol. The highest BCUT2D eigenvalue weighted by Gasteiger charge is 2.20. The van der Waals surface area contributed by atoms with E-state index in [0.29, 0.717) is 22.3 Å². The van der Waals surface area contributed by atoms with E-state index in [1.54, 1.807) is 6.07 Å². The Balaban J connectivity index is 2.28. The molecule has 0 atom stereocenters. The number of rotatable bonds is 8. The molecule has 5 nitrogen and oxygen atoms in total. The number of fused-ring (bicyclic) bond motifs is 1. The first-order valence-electron chi connectivity index (χ1n) is 8.45. The number of hydrogen-bond donors (Lipinski definition) is 0. The van der Waals surface area contributed by atoms with Crippen LogP contribution in [0, 0.1) is 10.1 Å². The van der Waals surface area contributed by atoms with Crippen LogP contribution < -0.4 is 0 Å². The number of nitrogens with zero attached hydrogens (tertiary/aromatic N) is 2. The Kier molecular flexibility index (Phi) is 6.37. The normalized spacial score (nSPS) is 11.1. The molecule has 0 spiro atoms. The van der Waals surface area contributed by atoms with E-state index in [0.717, 1.165) is 18.5 Å². The SMILES string of the molecule is CCCCCCCCc1c(Cl)c2ccc([N+](=O)[O-])cc2n1C(C)=O. The van der Waals surface area contributed by atoms with Gasteiger partial charge < -0.3 is 0 Å². The Bertz CT molecular complexity index is 752. The average molecular weight is 351 g/mol. The van der Waals surface area contributed by atoms with Crippen molar-refractivity contribution >= 4 is 34.1 Å². The monoisotopic (exact) mass is 350 g/mol. The zero-order chi connectivity index (χ0) is 17.7. The molecule has 0 aliphatic heterocycles. The molecule has 0 bridgehead atoms. The number of nitro benzene ring substituents is 1. The molecule has 0 saturated carbocycles. The molecule has 0 fully saturated rings. The van der Waals surface area contributed by atoms with E-state index in [9.17, 15) is 14.9 Å². The fourth-order valence-corrected chi connectivity index (χ4v) is 3.40. The first kappa shape index (κ1) is 18.5. The van der Waals surface area contributed by atoms with Crippen molar-refractivity contribution in [2.45, 2.75) is 58.8 Å². The lowest BCUT2D eigenvalue weighted by Gasteiger charge is -2.07.